The third kappa shape index (κ3) is 2.58. The van der Waals surface area contributed by atoms with Gasteiger partial charge in [-0.15, -0.1) is 4.68 Å². The van der Waals surface area contributed by atoms with Gasteiger partial charge in [-0.05, 0) is 41.5 Å². The van der Waals surface area contributed by atoms with E-state index in [1.54, 1.807) is 0 Å². The number of hydrogen-bond acceptors (Lipinski definition) is 3. The maximum atomic E-state index is 8.68. The highest BCUT2D eigenvalue weighted by atomic mass is 15.7. The molecule has 0 radical (unpaired) electrons. The molecule has 21 heavy (non-hydrogen) atoms. The minimum atomic E-state index is 0.185. The highest BCUT2D eigenvalue weighted by Gasteiger charge is 2.17. The maximum absolute atomic E-state index is 8.68. The van der Waals surface area contributed by atoms with E-state index in [2.05, 4.69) is 20.3 Å². The van der Waals surface area contributed by atoms with E-state index in [-0.39, 0.29) is 5.95 Å². The first-order valence-electron chi connectivity index (χ1n) is 6.35. The quantitative estimate of drug-likeness (QED) is 0.319. The highest BCUT2D eigenvalue weighted by molar-refractivity contribution is 5.30. The summed E-state index contributed by atoms with van der Waals surface area (Å²) in [6.07, 6.45) is 0. The molecule has 7 nitrogen and oxygen atoms in total. The first kappa shape index (κ1) is 12.8. The fourth-order valence-electron chi connectivity index (χ4n) is 1.90. The third-order valence-corrected chi connectivity index (χ3v) is 2.95. The zero-order valence-electron chi connectivity index (χ0n) is 11.3. The minimum Gasteiger partial charge on any atom is -0.120 e. The van der Waals surface area contributed by atoms with E-state index < -0.39 is 0 Å². The van der Waals surface area contributed by atoms with Crippen molar-refractivity contribution < 1.29 is 4.68 Å². The second-order valence-electron chi connectivity index (χ2n) is 4.45. The SMILES string of the molecule is Cc1ccc(-[n+]2nn(-c3ccccc3)nc2N=[N+]=[N-])cc1. The Morgan fingerprint density at radius 1 is 1.10 bits per heavy atom. The molecule has 0 aliphatic heterocycles. The lowest BCUT2D eigenvalue weighted by atomic mass is 10.2. The average Bonchev–Trinajstić information content (AvgIpc) is 2.93. The molecule has 0 amide bonds. The molecule has 3 rings (SSSR count). The Morgan fingerprint density at radius 2 is 1.81 bits per heavy atom. The number of benzene rings is 2. The summed E-state index contributed by atoms with van der Waals surface area (Å²) in [6, 6.07) is 17.2. The number of aromatic nitrogens is 4. The summed E-state index contributed by atoms with van der Waals surface area (Å²) in [5.41, 5.74) is 11.4. The minimum absolute atomic E-state index is 0.185. The van der Waals surface area contributed by atoms with Crippen LogP contribution in [0.5, 0.6) is 0 Å². The van der Waals surface area contributed by atoms with E-state index in [9.17, 15) is 0 Å². The van der Waals surface area contributed by atoms with Gasteiger partial charge in [-0.1, -0.05) is 35.9 Å². The summed E-state index contributed by atoms with van der Waals surface area (Å²) in [5, 5.41) is 12.2. The lowest BCUT2D eigenvalue weighted by Crippen LogP contribution is -2.33. The van der Waals surface area contributed by atoms with Crippen LogP contribution in [0.4, 0.5) is 5.95 Å². The van der Waals surface area contributed by atoms with Gasteiger partial charge >= 0.3 is 5.95 Å². The number of nitrogens with zero attached hydrogens (tertiary/aromatic N) is 7. The molecule has 0 fully saturated rings. The van der Waals surface area contributed by atoms with Crippen LogP contribution in [0, 0.1) is 6.92 Å². The van der Waals surface area contributed by atoms with Crippen molar-refractivity contribution in [3.63, 3.8) is 0 Å². The van der Waals surface area contributed by atoms with Gasteiger partial charge in [0.05, 0.1) is 0 Å². The molecule has 0 saturated carbocycles. The zero-order chi connectivity index (χ0) is 14.7. The van der Waals surface area contributed by atoms with Gasteiger partial charge < -0.3 is 0 Å². The molecule has 1 heterocycles. The van der Waals surface area contributed by atoms with Gasteiger partial charge in [0.2, 0.25) is 0 Å². The van der Waals surface area contributed by atoms with Crippen LogP contribution in [0.15, 0.2) is 59.7 Å². The van der Waals surface area contributed by atoms with Gasteiger partial charge in [-0.3, -0.25) is 0 Å². The van der Waals surface area contributed by atoms with Crippen molar-refractivity contribution in [3.05, 3.63) is 70.6 Å². The second-order valence-corrected chi connectivity index (χ2v) is 4.45. The van der Waals surface area contributed by atoms with Crippen LogP contribution in [-0.4, -0.2) is 15.1 Å². The summed E-state index contributed by atoms with van der Waals surface area (Å²) in [6.45, 7) is 2.00. The van der Waals surface area contributed by atoms with Gasteiger partial charge in [0.25, 0.3) is 0 Å². The number of tetrazole rings is 1. The zero-order valence-corrected chi connectivity index (χ0v) is 11.3. The van der Waals surface area contributed by atoms with Crippen LogP contribution in [0.25, 0.3) is 21.8 Å². The Morgan fingerprint density at radius 3 is 2.48 bits per heavy atom. The van der Waals surface area contributed by atoms with Gasteiger partial charge in [0.15, 0.2) is 0 Å². The Bertz CT molecular complexity index is 799. The molecule has 0 aliphatic carbocycles. The van der Waals surface area contributed by atoms with Gasteiger partial charge in [0, 0.05) is 20.3 Å². The molecule has 0 spiro atoms. The van der Waals surface area contributed by atoms with Crippen molar-refractivity contribution >= 4 is 5.95 Å². The highest BCUT2D eigenvalue weighted by Crippen LogP contribution is 2.10. The van der Waals surface area contributed by atoms with Crippen molar-refractivity contribution in [1.82, 2.24) is 15.1 Å². The summed E-state index contributed by atoms with van der Waals surface area (Å²) in [5.74, 6) is 0.185. The fourth-order valence-corrected chi connectivity index (χ4v) is 1.90. The van der Waals surface area contributed by atoms with Gasteiger partial charge in [0.1, 0.15) is 11.4 Å². The Kier molecular flexibility index (Phi) is 3.32. The predicted octanol–water partition coefficient (Wildman–Crippen LogP) is 2.79. The maximum Gasteiger partial charge on any atom is 0.354 e. The summed E-state index contributed by atoms with van der Waals surface area (Å²) in [4.78, 5) is 4.24. The Hall–Kier alpha value is -3.18. The molecule has 2 aromatic carbocycles. The van der Waals surface area contributed by atoms with Crippen LogP contribution in [0.1, 0.15) is 5.56 Å². The molecule has 0 N–H and O–H groups in total. The first-order valence-corrected chi connectivity index (χ1v) is 6.35. The topological polar surface area (TPSA) is 83.4 Å². The lowest BCUT2D eigenvalue weighted by molar-refractivity contribution is -0.649. The smallest absolute Gasteiger partial charge is 0.120 e. The van der Waals surface area contributed by atoms with E-state index in [0.29, 0.717) is 0 Å². The summed E-state index contributed by atoms with van der Waals surface area (Å²) in [7, 11) is 0. The van der Waals surface area contributed by atoms with E-state index in [1.807, 2.05) is 61.5 Å². The summed E-state index contributed by atoms with van der Waals surface area (Å²) < 4.78 is 1.51. The summed E-state index contributed by atoms with van der Waals surface area (Å²) >= 11 is 0. The van der Waals surface area contributed by atoms with Crippen LogP contribution in [-0.2, 0) is 0 Å². The number of aryl methyl sites for hydroxylation is 1. The van der Waals surface area contributed by atoms with Crippen LogP contribution < -0.4 is 4.68 Å². The van der Waals surface area contributed by atoms with Gasteiger partial charge in [-0.2, -0.15) is 0 Å². The molecule has 0 bridgehead atoms. The number of hydrogen-bond donors (Lipinski definition) is 0. The molecule has 0 aliphatic rings. The molecule has 1 aromatic heterocycles. The number of rotatable bonds is 3. The largest absolute Gasteiger partial charge is 0.354 e. The van der Waals surface area contributed by atoms with Crippen molar-refractivity contribution in [3.8, 4) is 11.4 Å². The molecule has 0 unspecified atom stereocenters. The average molecular weight is 278 g/mol. The van der Waals surface area contributed by atoms with Crippen LogP contribution in [0.2, 0.25) is 0 Å². The van der Waals surface area contributed by atoms with Crippen LogP contribution >= 0.6 is 0 Å². The fraction of sp³-hybridized carbons (Fsp3) is 0.0714. The van der Waals surface area contributed by atoms with Crippen molar-refractivity contribution in [1.29, 1.82) is 0 Å². The molecular weight excluding hydrogens is 266 g/mol. The molecule has 3 aromatic rings. The first-order chi connectivity index (χ1) is 10.3. The molecule has 0 saturated heterocycles. The predicted molar refractivity (Wildman–Crippen MR) is 76.4 cm³/mol. The molecule has 0 atom stereocenters. The normalized spacial score (nSPS) is 10.1. The van der Waals surface area contributed by atoms with Crippen molar-refractivity contribution in [2.45, 2.75) is 6.92 Å². The van der Waals surface area contributed by atoms with E-state index in [0.717, 1.165) is 16.9 Å². The number of azide groups is 1. The van der Waals surface area contributed by atoms with E-state index >= 15 is 0 Å². The Balaban J connectivity index is 2.13. The van der Waals surface area contributed by atoms with E-state index in [1.165, 1.54) is 9.48 Å². The number of para-hydroxylation sites is 1. The van der Waals surface area contributed by atoms with Crippen LogP contribution in [0.3, 0.4) is 0 Å². The molecule has 102 valence electrons. The van der Waals surface area contributed by atoms with Crippen molar-refractivity contribution in [2.24, 2.45) is 5.11 Å². The second kappa shape index (κ2) is 5.44. The van der Waals surface area contributed by atoms with E-state index in [4.69, 9.17) is 5.53 Å². The van der Waals surface area contributed by atoms with Crippen molar-refractivity contribution in [2.75, 3.05) is 0 Å². The monoisotopic (exact) mass is 278 g/mol. The lowest BCUT2D eigenvalue weighted by Gasteiger charge is -1.97. The van der Waals surface area contributed by atoms with Gasteiger partial charge in [-0.25, -0.2) is 0 Å². The molecule has 7 heteroatoms. The third-order valence-electron chi connectivity index (χ3n) is 2.95. The molecular formula is C14H12N7+. The standard InChI is InChI=1S/C14H12N7/c1-11-7-9-12(10-8-11)20-14(16-18-15)17-21(19-20)13-5-3-2-4-6-13/h2-10H,1H3/q+1. The Labute approximate surface area is 120 Å².